The van der Waals surface area contributed by atoms with Crippen LogP contribution >= 0.6 is 11.6 Å². The number of hydrogen-bond donors (Lipinski definition) is 1. The van der Waals surface area contributed by atoms with Crippen molar-refractivity contribution in [2.75, 3.05) is 7.05 Å². The number of hydrogen-bond acceptors (Lipinski definition) is 3. The molecule has 2 aromatic heterocycles. The maximum Gasteiger partial charge on any atom is 0.193 e. The summed E-state index contributed by atoms with van der Waals surface area (Å²) >= 11 is 5.73. The summed E-state index contributed by atoms with van der Waals surface area (Å²) < 4.78 is 7.11. The second-order valence-corrected chi connectivity index (χ2v) is 3.65. The van der Waals surface area contributed by atoms with Gasteiger partial charge in [-0.05, 0) is 36.8 Å². The number of nitrogens with one attached hydrogen (secondary N) is 1. The normalized spacial score (nSPS) is 13.0. The first kappa shape index (κ1) is 10.3. The van der Waals surface area contributed by atoms with Gasteiger partial charge in [0.25, 0.3) is 0 Å². The smallest absolute Gasteiger partial charge is 0.193 e. The monoisotopic (exact) mass is 225 g/mol. The standard InChI is InChI=1S/C10H12ClN3O/c1-12-10(7-5-6-14(2)13-7)8-3-4-9(11)15-8/h3-6,10,12H,1-2H3. The molecule has 0 saturated heterocycles. The Balaban J connectivity index is 2.32. The molecular weight excluding hydrogens is 214 g/mol. The minimum atomic E-state index is -0.0568. The van der Waals surface area contributed by atoms with Crippen molar-refractivity contribution in [3.05, 3.63) is 41.1 Å². The summed E-state index contributed by atoms with van der Waals surface area (Å²) in [7, 11) is 3.74. The van der Waals surface area contributed by atoms with Crippen LogP contribution in [0.1, 0.15) is 17.5 Å². The van der Waals surface area contributed by atoms with E-state index in [0.29, 0.717) is 5.22 Å². The Hall–Kier alpha value is -1.26. The van der Waals surface area contributed by atoms with Gasteiger partial charge < -0.3 is 9.73 Å². The van der Waals surface area contributed by atoms with Gasteiger partial charge in [0.05, 0.1) is 5.69 Å². The van der Waals surface area contributed by atoms with Crippen LogP contribution in [0.5, 0.6) is 0 Å². The van der Waals surface area contributed by atoms with Gasteiger partial charge in [-0.2, -0.15) is 5.10 Å². The highest BCUT2D eigenvalue weighted by atomic mass is 35.5. The zero-order chi connectivity index (χ0) is 10.8. The van der Waals surface area contributed by atoms with Crippen LogP contribution in [0.4, 0.5) is 0 Å². The molecule has 0 radical (unpaired) electrons. The first-order valence-corrected chi connectivity index (χ1v) is 5.00. The molecule has 0 aromatic carbocycles. The summed E-state index contributed by atoms with van der Waals surface area (Å²) in [6.45, 7) is 0. The molecule has 80 valence electrons. The highest BCUT2D eigenvalue weighted by molar-refractivity contribution is 6.28. The number of halogens is 1. The Morgan fingerprint density at radius 1 is 1.47 bits per heavy atom. The molecule has 0 amide bonds. The highest BCUT2D eigenvalue weighted by Gasteiger charge is 2.17. The molecule has 0 spiro atoms. The first-order valence-electron chi connectivity index (χ1n) is 4.62. The number of rotatable bonds is 3. The van der Waals surface area contributed by atoms with Crippen molar-refractivity contribution in [2.24, 2.45) is 7.05 Å². The first-order chi connectivity index (χ1) is 7.20. The second-order valence-electron chi connectivity index (χ2n) is 3.28. The van der Waals surface area contributed by atoms with Gasteiger partial charge in [-0.3, -0.25) is 4.68 Å². The molecule has 1 unspecified atom stereocenters. The molecule has 0 fully saturated rings. The lowest BCUT2D eigenvalue weighted by Crippen LogP contribution is -2.17. The average Bonchev–Trinajstić information content (AvgIpc) is 2.78. The predicted molar refractivity (Wildman–Crippen MR) is 57.8 cm³/mol. The lowest BCUT2D eigenvalue weighted by atomic mass is 10.1. The SMILES string of the molecule is CNC(c1ccn(C)n1)c1ccc(Cl)o1. The van der Waals surface area contributed by atoms with Crippen LogP contribution in [0.3, 0.4) is 0 Å². The third-order valence-corrected chi connectivity index (χ3v) is 2.40. The number of nitrogens with zero attached hydrogens (tertiary/aromatic N) is 2. The highest BCUT2D eigenvalue weighted by Crippen LogP contribution is 2.24. The molecule has 1 N–H and O–H groups in total. The Bertz CT molecular complexity index is 409. The summed E-state index contributed by atoms with van der Waals surface area (Å²) in [5, 5.41) is 7.84. The van der Waals surface area contributed by atoms with Crippen molar-refractivity contribution in [2.45, 2.75) is 6.04 Å². The maximum absolute atomic E-state index is 5.73. The molecule has 5 heteroatoms. The van der Waals surface area contributed by atoms with Crippen LogP contribution < -0.4 is 5.32 Å². The van der Waals surface area contributed by atoms with Crippen molar-refractivity contribution >= 4 is 11.6 Å². The topological polar surface area (TPSA) is 43.0 Å². The van der Waals surface area contributed by atoms with Gasteiger partial charge in [-0.15, -0.1) is 0 Å². The molecule has 0 saturated carbocycles. The van der Waals surface area contributed by atoms with Gasteiger partial charge in [-0.25, -0.2) is 0 Å². The van der Waals surface area contributed by atoms with Crippen molar-refractivity contribution in [1.82, 2.24) is 15.1 Å². The van der Waals surface area contributed by atoms with Gasteiger partial charge in [-0.1, -0.05) is 0 Å². The van der Waals surface area contributed by atoms with E-state index in [2.05, 4.69) is 10.4 Å². The van der Waals surface area contributed by atoms with Crippen LogP contribution in [0, 0.1) is 0 Å². The number of aromatic nitrogens is 2. The second kappa shape index (κ2) is 4.08. The van der Waals surface area contributed by atoms with Crippen molar-refractivity contribution < 1.29 is 4.42 Å². The van der Waals surface area contributed by atoms with E-state index in [0.717, 1.165) is 11.5 Å². The third kappa shape index (κ3) is 2.06. The van der Waals surface area contributed by atoms with Gasteiger partial charge in [0, 0.05) is 13.2 Å². The van der Waals surface area contributed by atoms with Gasteiger partial charge in [0.15, 0.2) is 5.22 Å². The summed E-state index contributed by atoms with van der Waals surface area (Å²) in [5.74, 6) is 0.765. The zero-order valence-electron chi connectivity index (χ0n) is 8.57. The van der Waals surface area contributed by atoms with Crippen LogP contribution in [-0.4, -0.2) is 16.8 Å². The Kier molecular flexibility index (Phi) is 2.79. The van der Waals surface area contributed by atoms with Gasteiger partial charge >= 0.3 is 0 Å². The van der Waals surface area contributed by atoms with E-state index in [4.69, 9.17) is 16.0 Å². The van der Waals surface area contributed by atoms with Gasteiger partial charge in [0.1, 0.15) is 11.8 Å². The minimum Gasteiger partial charge on any atom is -0.448 e. The molecule has 1 atom stereocenters. The van der Waals surface area contributed by atoms with Crippen molar-refractivity contribution in [3.63, 3.8) is 0 Å². The number of furan rings is 1. The summed E-state index contributed by atoms with van der Waals surface area (Å²) in [6.07, 6.45) is 1.89. The van der Waals surface area contributed by atoms with E-state index in [1.807, 2.05) is 32.4 Å². The lowest BCUT2D eigenvalue weighted by molar-refractivity contribution is 0.458. The van der Waals surface area contributed by atoms with E-state index in [1.54, 1.807) is 10.7 Å². The Labute approximate surface area is 92.8 Å². The molecule has 2 rings (SSSR count). The molecule has 15 heavy (non-hydrogen) atoms. The van der Waals surface area contributed by atoms with Crippen LogP contribution in [0.15, 0.2) is 28.8 Å². The largest absolute Gasteiger partial charge is 0.448 e. The Morgan fingerprint density at radius 2 is 2.27 bits per heavy atom. The molecule has 0 aliphatic heterocycles. The Morgan fingerprint density at radius 3 is 2.73 bits per heavy atom. The molecule has 0 bridgehead atoms. The van der Waals surface area contributed by atoms with Gasteiger partial charge in [0.2, 0.25) is 0 Å². The molecule has 2 heterocycles. The predicted octanol–water partition coefficient (Wildman–Crippen LogP) is 1.98. The van der Waals surface area contributed by atoms with E-state index >= 15 is 0 Å². The summed E-state index contributed by atoms with van der Waals surface area (Å²) in [6, 6.07) is 5.46. The minimum absolute atomic E-state index is 0.0568. The van der Waals surface area contributed by atoms with Crippen molar-refractivity contribution in [1.29, 1.82) is 0 Å². The molecule has 0 aliphatic carbocycles. The molecule has 4 nitrogen and oxygen atoms in total. The summed E-state index contributed by atoms with van der Waals surface area (Å²) in [4.78, 5) is 0. The van der Waals surface area contributed by atoms with Crippen LogP contribution in [0.25, 0.3) is 0 Å². The fourth-order valence-electron chi connectivity index (χ4n) is 1.51. The van der Waals surface area contributed by atoms with E-state index in [-0.39, 0.29) is 6.04 Å². The van der Waals surface area contributed by atoms with Crippen molar-refractivity contribution in [3.8, 4) is 0 Å². The van der Waals surface area contributed by atoms with Crippen LogP contribution in [-0.2, 0) is 7.05 Å². The van der Waals surface area contributed by atoms with E-state index in [9.17, 15) is 0 Å². The molecule has 0 aliphatic rings. The third-order valence-electron chi connectivity index (χ3n) is 2.20. The average molecular weight is 226 g/mol. The molecular formula is C10H12ClN3O. The summed E-state index contributed by atoms with van der Waals surface area (Å²) in [5.41, 5.74) is 0.908. The molecule has 2 aromatic rings. The van der Waals surface area contributed by atoms with E-state index in [1.165, 1.54) is 0 Å². The fourth-order valence-corrected chi connectivity index (χ4v) is 1.66. The fraction of sp³-hybridized carbons (Fsp3) is 0.300. The van der Waals surface area contributed by atoms with Crippen LogP contribution in [0.2, 0.25) is 5.22 Å². The number of aryl methyl sites for hydroxylation is 1. The zero-order valence-corrected chi connectivity index (χ0v) is 9.32. The quantitative estimate of drug-likeness (QED) is 0.869. The lowest BCUT2D eigenvalue weighted by Gasteiger charge is -2.10. The van der Waals surface area contributed by atoms with E-state index < -0.39 is 0 Å². The maximum atomic E-state index is 5.73.